The molecule has 2 aliphatic heterocycles. The first-order chi connectivity index (χ1) is 13.6. The number of piperidine rings is 1. The van der Waals surface area contributed by atoms with Gasteiger partial charge >= 0.3 is 0 Å². The standard InChI is InChI=1S/C21H28N4O3/c22-10-14-3-1-2-4-17(14)23-11-13-5-6-16-15(9-13)12-25(21(16)28)18-7-8-19(26)24-20(18)27/h5-6,9,14,17-18,23H,1-4,7-8,10-12,22H2,(H,24,26,27). The van der Waals surface area contributed by atoms with Gasteiger partial charge in [0, 0.05) is 31.1 Å². The lowest BCUT2D eigenvalue weighted by Gasteiger charge is -2.31. The normalized spacial score (nSPS) is 27.7. The minimum atomic E-state index is -0.563. The molecule has 1 saturated heterocycles. The van der Waals surface area contributed by atoms with Crippen LogP contribution in [0.2, 0.25) is 0 Å². The Morgan fingerprint density at radius 3 is 2.75 bits per heavy atom. The third-order valence-electron chi connectivity index (χ3n) is 6.37. The molecule has 3 unspecified atom stereocenters. The number of nitrogens with one attached hydrogen (secondary N) is 2. The summed E-state index contributed by atoms with van der Waals surface area (Å²) in [6.07, 6.45) is 5.52. The smallest absolute Gasteiger partial charge is 0.255 e. The summed E-state index contributed by atoms with van der Waals surface area (Å²) in [5.74, 6) is -0.228. The van der Waals surface area contributed by atoms with Gasteiger partial charge < -0.3 is 16.0 Å². The highest BCUT2D eigenvalue weighted by Gasteiger charge is 2.39. The van der Waals surface area contributed by atoms with E-state index in [1.165, 1.54) is 19.3 Å². The number of hydrogen-bond acceptors (Lipinski definition) is 5. The van der Waals surface area contributed by atoms with Crippen molar-refractivity contribution in [3.05, 3.63) is 34.9 Å². The number of carbonyl (C=O) groups excluding carboxylic acids is 3. The number of imide groups is 1. The van der Waals surface area contributed by atoms with E-state index < -0.39 is 6.04 Å². The fourth-order valence-electron chi connectivity index (χ4n) is 4.75. The minimum Gasteiger partial charge on any atom is -0.330 e. The summed E-state index contributed by atoms with van der Waals surface area (Å²) >= 11 is 0. The molecular formula is C21H28N4O3. The summed E-state index contributed by atoms with van der Waals surface area (Å²) < 4.78 is 0. The number of carbonyl (C=O) groups is 3. The van der Waals surface area contributed by atoms with Crippen molar-refractivity contribution < 1.29 is 14.4 Å². The lowest BCUT2D eigenvalue weighted by atomic mass is 9.84. The summed E-state index contributed by atoms with van der Waals surface area (Å²) in [6, 6.07) is 5.80. The Labute approximate surface area is 165 Å². The van der Waals surface area contributed by atoms with Gasteiger partial charge in [0.2, 0.25) is 11.8 Å². The van der Waals surface area contributed by atoms with Gasteiger partial charge in [-0.3, -0.25) is 19.7 Å². The van der Waals surface area contributed by atoms with Crippen LogP contribution in [0, 0.1) is 5.92 Å². The van der Waals surface area contributed by atoms with E-state index in [9.17, 15) is 14.4 Å². The highest BCUT2D eigenvalue weighted by atomic mass is 16.2. The molecule has 4 N–H and O–H groups in total. The molecule has 0 radical (unpaired) electrons. The molecular weight excluding hydrogens is 356 g/mol. The van der Waals surface area contributed by atoms with Crippen LogP contribution in [0.25, 0.3) is 0 Å². The van der Waals surface area contributed by atoms with E-state index in [0.29, 0.717) is 30.5 Å². The molecule has 4 rings (SSSR count). The first-order valence-corrected chi connectivity index (χ1v) is 10.3. The molecule has 1 aromatic carbocycles. The minimum absolute atomic E-state index is 0.125. The molecule has 3 atom stereocenters. The Morgan fingerprint density at radius 2 is 1.96 bits per heavy atom. The van der Waals surface area contributed by atoms with E-state index in [4.69, 9.17) is 5.73 Å². The second-order valence-electron chi connectivity index (χ2n) is 8.16. The van der Waals surface area contributed by atoms with Crippen LogP contribution in [0.1, 0.15) is 60.0 Å². The average molecular weight is 384 g/mol. The summed E-state index contributed by atoms with van der Waals surface area (Å²) in [7, 11) is 0. The first kappa shape index (κ1) is 19.1. The number of fused-ring (bicyclic) bond motifs is 1. The van der Waals surface area contributed by atoms with Crippen LogP contribution in [-0.2, 0) is 22.7 Å². The zero-order valence-corrected chi connectivity index (χ0v) is 16.1. The topological polar surface area (TPSA) is 105 Å². The number of amides is 3. The Morgan fingerprint density at radius 1 is 1.14 bits per heavy atom. The largest absolute Gasteiger partial charge is 0.330 e. The molecule has 3 amide bonds. The van der Waals surface area contributed by atoms with Gasteiger partial charge in [0.1, 0.15) is 6.04 Å². The van der Waals surface area contributed by atoms with Gasteiger partial charge in [0.05, 0.1) is 0 Å². The molecule has 2 heterocycles. The van der Waals surface area contributed by atoms with Crippen LogP contribution in [-0.4, -0.2) is 41.2 Å². The van der Waals surface area contributed by atoms with Gasteiger partial charge in [-0.05, 0) is 48.9 Å². The predicted octanol–water partition coefficient (Wildman–Crippen LogP) is 1.05. The number of rotatable bonds is 5. The maximum atomic E-state index is 12.8. The molecule has 1 saturated carbocycles. The summed E-state index contributed by atoms with van der Waals surface area (Å²) in [6.45, 7) is 1.89. The quantitative estimate of drug-likeness (QED) is 0.659. The molecule has 0 spiro atoms. The van der Waals surface area contributed by atoms with Crippen molar-refractivity contribution in [3.8, 4) is 0 Å². The summed E-state index contributed by atoms with van der Waals surface area (Å²) in [4.78, 5) is 37.9. The van der Waals surface area contributed by atoms with Gasteiger partial charge in [-0.25, -0.2) is 0 Å². The number of hydrogen-bond donors (Lipinski definition) is 3. The van der Waals surface area contributed by atoms with E-state index in [0.717, 1.165) is 30.6 Å². The number of nitrogens with zero attached hydrogens (tertiary/aromatic N) is 1. The van der Waals surface area contributed by atoms with Crippen LogP contribution in [0.4, 0.5) is 0 Å². The predicted molar refractivity (Wildman–Crippen MR) is 104 cm³/mol. The van der Waals surface area contributed by atoms with Crippen LogP contribution >= 0.6 is 0 Å². The summed E-state index contributed by atoms with van der Waals surface area (Å²) in [5, 5.41) is 5.99. The highest BCUT2D eigenvalue weighted by Crippen LogP contribution is 2.29. The van der Waals surface area contributed by atoms with Crippen molar-refractivity contribution in [1.82, 2.24) is 15.5 Å². The van der Waals surface area contributed by atoms with Gasteiger partial charge in [0.15, 0.2) is 0 Å². The van der Waals surface area contributed by atoms with E-state index >= 15 is 0 Å². The Kier molecular flexibility index (Phi) is 5.46. The van der Waals surface area contributed by atoms with Crippen molar-refractivity contribution in [2.75, 3.05) is 6.54 Å². The second kappa shape index (κ2) is 8.01. The zero-order chi connectivity index (χ0) is 19.7. The molecule has 3 aliphatic rings. The van der Waals surface area contributed by atoms with Crippen LogP contribution in [0.5, 0.6) is 0 Å². The van der Waals surface area contributed by atoms with Gasteiger partial charge in [-0.2, -0.15) is 0 Å². The third kappa shape index (κ3) is 3.69. The summed E-state index contributed by atoms with van der Waals surface area (Å²) in [5.41, 5.74) is 8.67. The van der Waals surface area contributed by atoms with Crippen molar-refractivity contribution >= 4 is 17.7 Å². The van der Waals surface area contributed by atoms with Crippen LogP contribution in [0.15, 0.2) is 18.2 Å². The molecule has 150 valence electrons. The molecule has 7 heteroatoms. The van der Waals surface area contributed by atoms with Crippen LogP contribution < -0.4 is 16.4 Å². The number of nitrogens with two attached hydrogens (primary N) is 1. The van der Waals surface area contributed by atoms with Gasteiger partial charge in [0.25, 0.3) is 5.91 Å². The lowest BCUT2D eigenvalue weighted by molar-refractivity contribution is -0.136. The average Bonchev–Trinajstić information content (AvgIpc) is 3.02. The fraction of sp³-hybridized carbons (Fsp3) is 0.571. The van der Waals surface area contributed by atoms with Crippen molar-refractivity contribution in [2.45, 2.75) is 63.7 Å². The van der Waals surface area contributed by atoms with Gasteiger partial charge in [-0.1, -0.05) is 25.0 Å². The monoisotopic (exact) mass is 384 g/mol. The molecule has 2 fully saturated rings. The Bertz CT molecular complexity index is 794. The zero-order valence-electron chi connectivity index (χ0n) is 16.1. The van der Waals surface area contributed by atoms with Crippen molar-refractivity contribution in [2.24, 2.45) is 11.7 Å². The maximum absolute atomic E-state index is 12.8. The van der Waals surface area contributed by atoms with Crippen molar-refractivity contribution in [3.63, 3.8) is 0 Å². The molecule has 28 heavy (non-hydrogen) atoms. The third-order valence-corrected chi connectivity index (χ3v) is 6.37. The molecule has 0 bridgehead atoms. The maximum Gasteiger partial charge on any atom is 0.255 e. The molecule has 1 aromatic rings. The second-order valence-corrected chi connectivity index (χ2v) is 8.16. The molecule has 7 nitrogen and oxygen atoms in total. The molecule has 0 aromatic heterocycles. The fourth-order valence-corrected chi connectivity index (χ4v) is 4.75. The first-order valence-electron chi connectivity index (χ1n) is 10.3. The van der Waals surface area contributed by atoms with E-state index in [2.05, 4.69) is 16.7 Å². The number of benzene rings is 1. The Hall–Kier alpha value is -2.25. The van der Waals surface area contributed by atoms with E-state index in [1.54, 1.807) is 4.90 Å². The highest BCUT2D eigenvalue weighted by molar-refractivity contribution is 6.05. The Balaban J connectivity index is 1.42. The lowest BCUT2D eigenvalue weighted by Crippen LogP contribution is -2.52. The SMILES string of the molecule is NCC1CCCCC1NCc1ccc2c(c1)CN(C1CCC(=O)NC1=O)C2=O. The van der Waals surface area contributed by atoms with Gasteiger partial charge in [-0.15, -0.1) is 0 Å². The van der Waals surface area contributed by atoms with E-state index in [1.807, 2.05) is 12.1 Å². The van der Waals surface area contributed by atoms with Crippen molar-refractivity contribution in [1.29, 1.82) is 0 Å². The molecule has 1 aliphatic carbocycles. The van der Waals surface area contributed by atoms with E-state index in [-0.39, 0.29) is 24.1 Å². The van der Waals surface area contributed by atoms with Crippen LogP contribution in [0.3, 0.4) is 0 Å².